The lowest BCUT2D eigenvalue weighted by Crippen LogP contribution is -2.51. The summed E-state index contributed by atoms with van der Waals surface area (Å²) in [6.45, 7) is 3.45. The van der Waals surface area contributed by atoms with Crippen LogP contribution in [0.25, 0.3) is 0 Å². The Morgan fingerprint density at radius 2 is 1.67 bits per heavy atom. The van der Waals surface area contributed by atoms with Crippen LogP contribution in [0.1, 0.15) is 45.4 Å². The quantitative estimate of drug-likeness (QED) is 0.840. The lowest BCUT2D eigenvalue weighted by atomic mass is 9.49. The molecule has 4 fully saturated rings. The van der Waals surface area contributed by atoms with Gasteiger partial charge in [-0.15, -0.1) is 0 Å². The third-order valence-corrected chi connectivity index (χ3v) is 6.21. The number of ether oxygens (including phenoxy) is 1. The Bertz CT molecular complexity index is 561. The van der Waals surface area contributed by atoms with Crippen molar-refractivity contribution in [3.63, 3.8) is 0 Å². The van der Waals surface area contributed by atoms with Crippen molar-refractivity contribution in [3.8, 4) is 5.75 Å². The molecule has 24 heavy (non-hydrogen) atoms. The second-order valence-corrected chi connectivity index (χ2v) is 8.18. The van der Waals surface area contributed by atoms with E-state index in [4.69, 9.17) is 4.74 Å². The molecule has 0 aliphatic heterocycles. The van der Waals surface area contributed by atoms with Crippen molar-refractivity contribution in [1.29, 1.82) is 0 Å². The maximum Gasteiger partial charge on any atom is 0.319 e. The molecule has 1 aromatic carbocycles. The first-order chi connectivity index (χ1) is 11.6. The molecule has 0 heterocycles. The highest BCUT2D eigenvalue weighted by Crippen LogP contribution is 2.59. The van der Waals surface area contributed by atoms with Gasteiger partial charge in [0, 0.05) is 12.2 Å². The van der Waals surface area contributed by atoms with Crippen LogP contribution < -0.4 is 15.4 Å². The van der Waals surface area contributed by atoms with Crippen LogP contribution in [-0.4, -0.2) is 19.2 Å². The number of nitrogens with one attached hydrogen (secondary N) is 2. The first kappa shape index (κ1) is 15.8. The molecule has 130 valence electrons. The van der Waals surface area contributed by atoms with E-state index < -0.39 is 0 Å². The van der Waals surface area contributed by atoms with Crippen LogP contribution in [0.3, 0.4) is 0 Å². The van der Waals surface area contributed by atoms with Gasteiger partial charge in [-0.1, -0.05) is 0 Å². The Morgan fingerprint density at radius 1 is 1.08 bits per heavy atom. The minimum absolute atomic E-state index is 0.0881. The van der Waals surface area contributed by atoms with Gasteiger partial charge in [0.25, 0.3) is 0 Å². The molecule has 0 unspecified atom stereocenters. The number of benzene rings is 1. The highest BCUT2D eigenvalue weighted by Gasteiger charge is 2.50. The van der Waals surface area contributed by atoms with Crippen LogP contribution in [0, 0.1) is 23.2 Å². The number of hydrogen-bond donors (Lipinski definition) is 2. The molecule has 4 heteroatoms. The van der Waals surface area contributed by atoms with Gasteiger partial charge in [0.05, 0.1) is 6.61 Å². The largest absolute Gasteiger partial charge is 0.494 e. The van der Waals surface area contributed by atoms with Crippen molar-refractivity contribution in [2.75, 3.05) is 18.5 Å². The molecule has 0 spiro atoms. The molecule has 5 rings (SSSR count). The topological polar surface area (TPSA) is 50.4 Å². The van der Waals surface area contributed by atoms with Gasteiger partial charge >= 0.3 is 6.03 Å². The van der Waals surface area contributed by atoms with Crippen molar-refractivity contribution in [2.24, 2.45) is 23.2 Å². The monoisotopic (exact) mass is 328 g/mol. The second-order valence-electron chi connectivity index (χ2n) is 8.18. The summed E-state index contributed by atoms with van der Waals surface area (Å²) in [5, 5.41) is 6.08. The predicted octanol–water partition coefficient (Wildman–Crippen LogP) is 4.42. The van der Waals surface area contributed by atoms with E-state index in [9.17, 15) is 4.79 Å². The Morgan fingerprint density at radius 3 is 2.21 bits per heavy atom. The molecule has 0 atom stereocenters. The van der Waals surface area contributed by atoms with Crippen LogP contribution in [0.2, 0.25) is 0 Å². The number of anilines is 1. The maximum atomic E-state index is 12.3. The number of carbonyl (C=O) groups is 1. The minimum Gasteiger partial charge on any atom is -0.494 e. The highest BCUT2D eigenvalue weighted by molar-refractivity contribution is 5.89. The average molecular weight is 328 g/mol. The lowest BCUT2D eigenvalue weighted by Gasteiger charge is -2.56. The molecular weight excluding hydrogens is 300 g/mol. The normalized spacial score (nSPS) is 33.3. The van der Waals surface area contributed by atoms with Crippen LogP contribution in [0.4, 0.5) is 10.5 Å². The summed E-state index contributed by atoms with van der Waals surface area (Å²) in [6, 6.07) is 7.45. The van der Waals surface area contributed by atoms with Gasteiger partial charge in [-0.2, -0.15) is 0 Å². The molecule has 1 aromatic rings. The Kier molecular flexibility index (Phi) is 4.15. The molecule has 0 radical (unpaired) electrons. The minimum atomic E-state index is -0.0881. The summed E-state index contributed by atoms with van der Waals surface area (Å²) in [5.41, 5.74) is 1.19. The molecule has 0 aromatic heterocycles. The van der Waals surface area contributed by atoms with Gasteiger partial charge in [-0.05, 0) is 92.9 Å². The van der Waals surface area contributed by atoms with Crippen molar-refractivity contribution in [2.45, 2.75) is 45.4 Å². The fraction of sp³-hybridized carbons (Fsp3) is 0.650. The number of amides is 2. The fourth-order valence-corrected chi connectivity index (χ4v) is 5.75. The molecule has 4 aliphatic rings. The van der Waals surface area contributed by atoms with E-state index in [2.05, 4.69) is 10.6 Å². The van der Waals surface area contributed by atoms with Gasteiger partial charge in [0.1, 0.15) is 5.75 Å². The van der Waals surface area contributed by atoms with E-state index in [1.165, 1.54) is 38.5 Å². The van der Waals surface area contributed by atoms with E-state index in [-0.39, 0.29) is 6.03 Å². The number of urea groups is 1. The van der Waals surface area contributed by atoms with E-state index in [1.54, 1.807) is 0 Å². The van der Waals surface area contributed by atoms with Gasteiger partial charge in [-0.3, -0.25) is 0 Å². The zero-order chi connectivity index (χ0) is 16.6. The van der Waals surface area contributed by atoms with E-state index in [0.717, 1.165) is 35.7 Å². The summed E-state index contributed by atoms with van der Waals surface area (Å²) in [6.07, 6.45) is 8.29. The summed E-state index contributed by atoms with van der Waals surface area (Å²) >= 11 is 0. The second kappa shape index (κ2) is 6.30. The van der Waals surface area contributed by atoms with Crippen LogP contribution in [-0.2, 0) is 0 Å². The number of hydrogen-bond acceptors (Lipinski definition) is 2. The molecule has 4 bridgehead atoms. The van der Waals surface area contributed by atoms with Crippen molar-refractivity contribution in [3.05, 3.63) is 24.3 Å². The molecule has 4 saturated carbocycles. The Labute approximate surface area is 144 Å². The maximum absolute atomic E-state index is 12.3. The molecule has 2 N–H and O–H groups in total. The summed E-state index contributed by atoms with van der Waals surface area (Å²) in [5.74, 6) is 3.60. The summed E-state index contributed by atoms with van der Waals surface area (Å²) in [7, 11) is 0. The SMILES string of the molecule is CCOc1ccc(NC(=O)NCC23CC4CC(CC(C4)C2)C3)cc1. The van der Waals surface area contributed by atoms with Gasteiger partial charge < -0.3 is 15.4 Å². The fourth-order valence-electron chi connectivity index (χ4n) is 5.75. The molecule has 4 aliphatic carbocycles. The zero-order valence-electron chi connectivity index (χ0n) is 14.5. The van der Waals surface area contributed by atoms with Gasteiger partial charge in [0.2, 0.25) is 0 Å². The zero-order valence-corrected chi connectivity index (χ0v) is 14.5. The molecule has 4 nitrogen and oxygen atoms in total. The summed E-state index contributed by atoms with van der Waals surface area (Å²) < 4.78 is 5.42. The summed E-state index contributed by atoms with van der Waals surface area (Å²) in [4.78, 5) is 12.3. The number of carbonyl (C=O) groups excluding carboxylic acids is 1. The molecule has 0 saturated heterocycles. The van der Waals surface area contributed by atoms with E-state index in [0.29, 0.717) is 12.0 Å². The van der Waals surface area contributed by atoms with Crippen molar-refractivity contribution >= 4 is 11.7 Å². The highest BCUT2D eigenvalue weighted by atomic mass is 16.5. The van der Waals surface area contributed by atoms with Gasteiger partial charge in [-0.25, -0.2) is 4.79 Å². The van der Waals surface area contributed by atoms with Crippen LogP contribution in [0.5, 0.6) is 5.75 Å². The first-order valence-corrected chi connectivity index (χ1v) is 9.42. The van der Waals surface area contributed by atoms with Crippen molar-refractivity contribution in [1.82, 2.24) is 5.32 Å². The third-order valence-electron chi connectivity index (χ3n) is 6.21. The molecular formula is C20H28N2O2. The Hall–Kier alpha value is -1.71. The Balaban J connectivity index is 1.30. The number of rotatable bonds is 5. The first-order valence-electron chi connectivity index (χ1n) is 9.42. The standard InChI is InChI=1S/C20H28N2O2/c1-2-24-18-5-3-17(4-6-18)22-19(23)21-13-20-10-14-7-15(11-20)9-16(8-14)12-20/h3-6,14-16H,2,7-13H2,1H3,(H2,21,22,23). The lowest BCUT2D eigenvalue weighted by molar-refractivity contribution is -0.0496. The predicted molar refractivity (Wildman–Crippen MR) is 95.2 cm³/mol. The van der Waals surface area contributed by atoms with Crippen LogP contribution in [0.15, 0.2) is 24.3 Å². The van der Waals surface area contributed by atoms with E-state index in [1.807, 2.05) is 31.2 Å². The van der Waals surface area contributed by atoms with Crippen molar-refractivity contribution < 1.29 is 9.53 Å². The third kappa shape index (κ3) is 3.24. The van der Waals surface area contributed by atoms with Gasteiger partial charge in [0.15, 0.2) is 0 Å². The molecule has 2 amide bonds. The van der Waals surface area contributed by atoms with Crippen LogP contribution >= 0.6 is 0 Å². The van der Waals surface area contributed by atoms with E-state index >= 15 is 0 Å². The smallest absolute Gasteiger partial charge is 0.319 e. The average Bonchev–Trinajstić information content (AvgIpc) is 2.54.